The minimum absolute atomic E-state index is 0.0773. The number of alkyl halides is 1. The Morgan fingerprint density at radius 1 is 1.56 bits per heavy atom. The fourth-order valence-corrected chi connectivity index (χ4v) is 2.26. The lowest BCUT2D eigenvalue weighted by molar-refractivity contribution is -0.123. The third-order valence-electron chi connectivity index (χ3n) is 3.22. The maximum absolute atomic E-state index is 12.2. The second kappa shape index (κ2) is 6.23. The highest BCUT2D eigenvalue weighted by Gasteiger charge is 2.27. The SMILES string of the molecule is CCC(Br)CNC(=O)C1CCOc2ccccc21. The van der Waals surface area contributed by atoms with Gasteiger partial charge in [0.1, 0.15) is 5.75 Å². The molecule has 0 spiro atoms. The summed E-state index contributed by atoms with van der Waals surface area (Å²) in [6.45, 7) is 3.38. The predicted molar refractivity (Wildman–Crippen MR) is 75.3 cm³/mol. The first-order valence-corrected chi connectivity index (χ1v) is 7.27. The molecule has 1 aliphatic rings. The summed E-state index contributed by atoms with van der Waals surface area (Å²) >= 11 is 3.52. The van der Waals surface area contributed by atoms with E-state index < -0.39 is 0 Å². The third kappa shape index (κ3) is 3.05. The summed E-state index contributed by atoms with van der Waals surface area (Å²) < 4.78 is 5.56. The molecule has 0 fully saturated rings. The number of para-hydroxylation sites is 1. The van der Waals surface area contributed by atoms with Gasteiger partial charge < -0.3 is 10.1 Å². The van der Waals surface area contributed by atoms with Gasteiger partial charge in [-0.05, 0) is 18.9 Å². The van der Waals surface area contributed by atoms with E-state index in [0.29, 0.717) is 18.0 Å². The Balaban J connectivity index is 2.04. The van der Waals surface area contributed by atoms with Crippen LogP contribution < -0.4 is 10.1 Å². The smallest absolute Gasteiger partial charge is 0.227 e. The van der Waals surface area contributed by atoms with Crippen molar-refractivity contribution in [1.29, 1.82) is 0 Å². The number of hydrogen-bond donors (Lipinski definition) is 1. The van der Waals surface area contributed by atoms with Crippen molar-refractivity contribution in [3.05, 3.63) is 29.8 Å². The Morgan fingerprint density at radius 3 is 3.11 bits per heavy atom. The van der Waals surface area contributed by atoms with Gasteiger partial charge >= 0.3 is 0 Å². The molecule has 98 valence electrons. The van der Waals surface area contributed by atoms with Gasteiger partial charge in [0.25, 0.3) is 0 Å². The van der Waals surface area contributed by atoms with Crippen LogP contribution in [0.25, 0.3) is 0 Å². The molecule has 2 unspecified atom stereocenters. The van der Waals surface area contributed by atoms with Gasteiger partial charge in [0.2, 0.25) is 5.91 Å². The van der Waals surface area contributed by atoms with Crippen LogP contribution in [-0.2, 0) is 4.79 Å². The fourth-order valence-electron chi connectivity index (χ4n) is 2.09. The average Bonchev–Trinajstić information content (AvgIpc) is 2.43. The van der Waals surface area contributed by atoms with Crippen LogP contribution in [0, 0.1) is 0 Å². The van der Waals surface area contributed by atoms with Crippen LogP contribution in [-0.4, -0.2) is 23.9 Å². The van der Waals surface area contributed by atoms with Crippen molar-refractivity contribution in [2.45, 2.75) is 30.5 Å². The first-order chi connectivity index (χ1) is 8.72. The Kier molecular flexibility index (Phi) is 4.64. The average molecular weight is 312 g/mol. The molecule has 1 aromatic carbocycles. The monoisotopic (exact) mass is 311 g/mol. The van der Waals surface area contributed by atoms with Gasteiger partial charge in [0, 0.05) is 16.9 Å². The molecule has 18 heavy (non-hydrogen) atoms. The summed E-state index contributed by atoms with van der Waals surface area (Å²) in [5.41, 5.74) is 1.00. The predicted octanol–water partition coefficient (Wildman–Crippen LogP) is 2.84. The van der Waals surface area contributed by atoms with Crippen LogP contribution >= 0.6 is 15.9 Å². The minimum atomic E-state index is -0.0773. The van der Waals surface area contributed by atoms with Gasteiger partial charge in [-0.3, -0.25) is 4.79 Å². The van der Waals surface area contributed by atoms with Crippen LogP contribution in [0.3, 0.4) is 0 Å². The van der Waals surface area contributed by atoms with Crippen LogP contribution in [0.4, 0.5) is 0 Å². The molecule has 3 nitrogen and oxygen atoms in total. The standard InChI is InChI=1S/C14H18BrNO2/c1-2-10(15)9-16-14(17)12-7-8-18-13-6-4-3-5-11(12)13/h3-6,10,12H,2,7-9H2,1H3,(H,16,17). The zero-order valence-corrected chi connectivity index (χ0v) is 12.1. The van der Waals surface area contributed by atoms with Crippen molar-refractivity contribution < 1.29 is 9.53 Å². The minimum Gasteiger partial charge on any atom is -0.493 e. The summed E-state index contributed by atoms with van der Waals surface area (Å²) in [4.78, 5) is 12.5. The normalized spacial score (nSPS) is 19.6. The van der Waals surface area contributed by atoms with Crippen molar-refractivity contribution in [3.8, 4) is 5.75 Å². The van der Waals surface area contributed by atoms with Gasteiger partial charge in [-0.1, -0.05) is 41.1 Å². The number of fused-ring (bicyclic) bond motifs is 1. The molecule has 2 atom stereocenters. The molecule has 0 aromatic heterocycles. The van der Waals surface area contributed by atoms with E-state index in [9.17, 15) is 4.79 Å². The van der Waals surface area contributed by atoms with Crippen molar-refractivity contribution in [2.24, 2.45) is 0 Å². The molecule has 1 heterocycles. The van der Waals surface area contributed by atoms with Crippen molar-refractivity contribution in [3.63, 3.8) is 0 Å². The second-order valence-electron chi connectivity index (χ2n) is 4.48. The van der Waals surface area contributed by atoms with E-state index in [1.54, 1.807) is 0 Å². The van der Waals surface area contributed by atoms with Crippen LogP contribution in [0.5, 0.6) is 5.75 Å². The molecule has 0 saturated heterocycles. The lowest BCUT2D eigenvalue weighted by Crippen LogP contribution is -2.35. The largest absolute Gasteiger partial charge is 0.493 e. The van der Waals surface area contributed by atoms with Gasteiger partial charge in [0.15, 0.2) is 0 Å². The molecule has 1 aliphatic heterocycles. The summed E-state index contributed by atoms with van der Waals surface area (Å²) in [7, 11) is 0. The Labute approximate surface area is 116 Å². The number of hydrogen-bond acceptors (Lipinski definition) is 2. The van der Waals surface area contributed by atoms with E-state index in [1.807, 2.05) is 24.3 Å². The molecular formula is C14H18BrNO2. The number of benzene rings is 1. The van der Waals surface area contributed by atoms with Crippen LogP contribution in [0.15, 0.2) is 24.3 Å². The maximum atomic E-state index is 12.2. The Bertz CT molecular complexity index is 422. The first-order valence-electron chi connectivity index (χ1n) is 6.36. The fraction of sp³-hybridized carbons (Fsp3) is 0.500. The lowest BCUT2D eigenvalue weighted by Gasteiger charge is -2.25. The van der Waals surface area contributed by atoms with Crippen molar-refractivity contribution in [2.75, 3.05) is 13.2 Å². The number of rotatable bonds is 4. The van der Waals surface area contributed by atoms with Crippen LogP contribution in [0.1, 0.15) is 31.2 Å². The highest BCUT2D eigenvalue weighted by Crippen LogP contribution is 2.33. The van der Waals surface area contributed by atoms with Gasteiger partial charge in [-0.15, -0.1) is 0 Å². The lowest BCUT2D eigenvalue weighted by atomic mass is 9.92. The topological polar surface area (TPSA) is 38.3 Å². The number of amides is 1. The van der Waals surface area contributed by atoms with Gasteiger partial charge in [0.05, 0.1) is 12.5 Å². The number of carbonyl (C=O) groups is 1. The summed E-state index contributed by atoms with van der Waals surface area (Å²) in [5, 5.41) is 3.00. The highest BCUT2D eigenvalue weighted by atomic mass is 79.9. The molecule has 0 aliphatic carbocycles. The van der Waals surface area contributed by atoms with Crippen molar-refractivity contribution in [1.82, 2.24) is 5.32 Å². The maximum Gasteiger partial charge on any atom is 0.227 e. The summed E-state index contributed by atoms with van der Waals surface area (Å²) in [6.07, 6.45) is 1.76. The van der Waals surface area contributed by atoms with Crippen molar-refractivity contribution >= 4 is 21.8 Å². The molecule has 1 aromatic rings. The van der Waals surface area contributed by atoms with E-state index in [0.717, 1.165) is 24.2 Å². The summed E-state index contributed by atoms with van der Waals surface area (Å²) in [5.74, 6) is 0.866. The molecular weight excluding hydrogens is 294 g/mol. The first kappa shape index (κ1) is 13.4. The zero-order chi connectivity index (χ0) is 13.0. The molecule has 0 bridgehead atoms. The van der Waals surface area contributed by atoms with Gasteiger partial charge in [-0.25, -0.2) is 0 Å². The van der Waals surface area contributed by atoms with Gasteiger partial charge in [-0.2, -0.15) is 0 Å². The molecule has 1 N–H and O–H groups in total. The van der Waals surface area contributed by atoms with E-state index >= 15 is 0 Å². The Hall–Kier alpha value is -1.03. The van der Waals surface area contributed by atoms with E-state index in [1.165, 1.54) is 0 Å². The van der Waals surface area contributed by atoms with E-state index in [4.69, 9.17) is 4.74 Å². The quantitative estimate of drug-likeness (QED) is 0.868. The molecule has 0 saturated carbocycles. The second-order valence-corrected chi connectivity index (χ2v) is 5.77. The van der Waals surface area contributed by atoms with Crippen LogP contribution in [0.2, 0.25) is 0 Å². The molecule has 1 amide bonds. The Morgan fingerprint density at radius 2 is 2.33 bits per heavy atom. The highest BCUT2D eigenvalue weighted by molar-refractivity contribution is 9.09. The number of nitrogens with one attached hydrogen (secondary N) is 1. The summed E-state index contributed by atoms with van der Waals surface area (Å²) in [6, 6.07) is 7.79. The number of halogens is 1. The molecule has 2 rings (SSSR count). The molecule has 0 radical (unpaired) electrons. The zero-order valence-electron chi connectivity index (χ0n) is 10.5. The number of carbonyl (C=O) groups excluding carboxylic acids is 1. The van der Waals surface area contributed by atoms with E-state index in [-0.39, 0.29) is 11.8 Å². The third-order valence-corrected chi connectivity index (χ3v) is 4.19. The van der Waals surface area contributed by atoms with E-state index in [2.05, 4.69) is 28.2 Å². The molecule has 4 heteroatoms. The number of ether oxygens (including phenoxy) is 1.